The maximum absolute atomic E-state index is 11.5. The van der Waals surface area contributed by atoms with Crippen molar-refractivity contribution in [3.8, 4) is 0 Å². The normalized spacial score (nSPS) is 19.6. The van der Waals surface area contributed by atoms with Crippen molar-refractivity contribution < 1.29 is 18.8 Å². The second kappa shape index (κ2) is 4.82. The highest BCUT2D eigenvalue weighted by molar-refractivity contribution is 6.62. The maximum atomic E-state index is 11.5. The summed E-state index contributed by atoms with van der Waals surface area (Å²) in [6.07, 6.45) is 3.46. The number of fused-ring (bicyclic) bond motifs is 1. The summed E-state index contributed by atoms with van der Waals surface area (Å²) in [5.41, 5.74) is 1.00. The quantitative estimate of drug-likeness (QED) is 0.620. The summed E-state index contributed by atoms with van der Waals surface area (Å²) in [7, 11) is 0.885. The number of esters is 1. The lowest BCUT2D eigenvalue weighted by Gasteiger charge is -2.32. The topological polar surface area (TPSA) is 62.1 Å². The Morgan fingerprint density at radius 3 is 2.50 bits per heavy atom. The summed E-state index contributed by atoms with van der Waals surface area (Å²) in [6, 6.07) is 3.76. The van der Waals surface area contributed by atoms with Crippen molar-refractivity contribution >= 4 is 24.2 Å². The van der Waals surface area contributed by atoms with Crippen LogP contribution in [0.15, 0.2) is 24.5 Å². The summed E-state index contributed by atoms with van der Waals surface area (Å²) in [5, 5.41) is 0. The Bertz CT molecular complexity index is 722. The van der Waals surface area contributed by atoms with Gasteiger partial charge < -0.3 is 18.4 Å². The van der Waals surface area contributed by atoms with Crippen LogP contribution in [0.5, 0.6) is 0 Å². The van der Waals surface area contributed by atoms with Crippen molar-refractivity contribution in [2.75, 3.05) is 7.11 Å². The molecule has 1 saturated heterocycles. The monoisotopic (exact) mass is 302 g/mol. The highest BCUT2D eigenvalue weighted by Crippen LogP contribution is 2.36. The number of rotatable bonds is 2. The van der Waals surface area contributed by atoms with E-state index in [-0.39, 0.29) is 5.69 Å². The van der Waals surface area contributed by atoms with Gasteiger partial charge in [-0.1, -0.05) is 0 Å². The third kappa shape index (κ3) is 2.30. The van der Waals surface area contributed by atoms with Gasteiger partial charge in [0.05, 0.1) is 18.3 Å². The lowest BCUT2D eigenvalue weighted by Crippen LogP contribution is -2.41. The fourth-order valence-electron chi connectivity index (χ4n) is 2.33. The molecule has 0 saturated carbocycles. The van der Waals surface area contributed by atoms with Crippen LogP contribution in [0.25, 0.3) is 5.65 Å². The molecule has 0 spiro atoms. The molecule has 0 radical (unpaired) electrons. The Morgan fingerprint density at radius 2 is 1.91 bits per heavy atom. The molecular formula is C15H19BN2O4. The number of carbonyl (C=O) groups is 1. The molecule has 6 nitrogen and oxygen atoms in total. The van der Waals surface area contributed by atoms with E-state index in [9.17, 15) is 4.79 Å². The lowest BCUT2D eigenvalue weighted by atomic mass is 9.80. The molecule has 0 amide bonds. The average Bonchev–Trinajstić information content (AvgIpc) is 2.96. The first-order valence-electron chi connectivity index (χ1n) is 7.16. The zero-order valence-corrected chi connectivity index (χ0v) is 13.4. The van der Waals surface area contributed by atoms with Gasteiger partial charge in [-0.2, -0.15) is 0 Å². The number of nitrogens with zero attached hydrogens (tertiary/aromatic N) is 2. The average molecular weight is 302 g/mol. The summed E-state index contributed by atoms with van der Waals surface area (Å²) in [6.45, 7) is 8.04. The number of pyridine rings is 1. The maximum Gasteiger partial charge on any atom is 0.495 e. The fourth-order valence-corrected chi connectivity index (χ4v) is 2.33. The number of aromatic nitrogens is 2. The number of hydrogen-bond acceptors (Lipinski definition) is 5. The Balaban J connectivity index is 1.95. The van der Waals surface area contributed by atoms with Gasteiger partial charge in [0.2, 0.25) is 0 Å². The molecule has 3 rings (SSSR count). The number of imidazole rings is 1. The zero-order chi connectivity index (χ0) is 16.1. The van der Waals surface area contributed by atoms with E-state index in [2.05, 4.69) is 9.72 Å². The minimum absolute atomic E-state index is 0.272. The van der Waals surface area contributed by atoms with Crippen LogP contribution in [0.1, 0.15) is 38.2 Å². The van der Waals surface area contributed by atoms with Gasteiger partial charge in [-0.05, 0) is 45.3 Å². The van der Waals surface area contributed by atoms with E-state index < -0.39 is 24.3 Å². The molecule has 2 aromatic heterocycles. The van der Waals surface area contributed by atoms with E-state index in [0.717, 1.165) is 5.46 Å². The van der Waals surface area contributed by atoms with E-state index in [0.29, 0.717) is 5.65 Å². The van der Waals surface area contributed by atoms with Crippen LogP contribution in [-0.2, 0) is 14.0 Å². The Kier molecular flexibility index (Phi) is 3.30. The van der Waals surface area contributed by atoms with E-state index in [1.54, 1.807) is 10.6 Å². The van der Waals surface area contributed by atoms with Gasteiger partial charge >= 0.3 is 13.1 Å². The van der Waals surface area contributed by atoms with Crippen LogP contribution in [0.4, 0.5) is 0 Å². The van der Waals surface area contributed by atoms with Gasteiger partial charge in [0.25, 0.3) is 0 Å². The molecular weight excluding hydrogens is 283 g/mol. The fraction of sp³-hybridized carbons (Fsp3) is 0.467. The molecule has 1 fully saturated rings. The molecule has 1 aliphatic rings. The third-order valence-electron chi connectivity index (χ3n) is 4.40. The first-order valence-corrected chi connectivity index (χ1v) is 7.16. The Hall–Kier alpha value is -1.86. The predicted octanol–water partition coefficient (Wildman–Crippen LogP) is 1.42. The molecule has 0 aromatic carbocycles. The van der Waals surface area contributed by atoms with Gasteiger partial charge in [0.15, 0.2) is 5.69 Å². The van der Waals surface area contributed by atoms with Crippen LogP contribution in [0, 0.1) is 0 Å². The second-order valence-corrected chi connectivity index (χ2v) is 6.43. The van der Waals surface area contributed by atoms with Crippen molar-refractivity contribution in [2.24, 2.45) is 0 Å². The van der Waals surface area contributed by atoms with E-state index in [1.165, 1.54) is 7.11 Å². The summed E-state index contributed by atoms with van der Waals surface area (Å²) >= 11 is 0. The van der Waals surface area contributed by atoms with E-state index >= 15 is 0 Å². The van der Waals surface area contributed by atoms with Crippen molar-refractivity contribution in [3.05, 3.63) is 30.2 Å². The minimum Gasteiger partial charge on any atom is -0.464 e. The molecule has 1 aliphatic heterocycles. The van der Waals surface area contributed by atoms with Crippen molar-refractivity contribution in [1.29, 1.82) is 0 Å². The van der Waals surface area contributed by atoms with E-state index in [1.807, 2.05) is 46.0 Å². The molecule has 0 bridgehead atoms. The summed E-state index contributed by atoms with van der Waals surface area (Å²) in [5.74, 6) is -0.458. The van der Waals surface area contributed by atoms with Gasteiger partial charge in [-0.3, -0.25) is 0 Å². The Morgan fingerprint density at radius 1 is 1.27 bits per heavy atom. The SMILES string of the molecule is COC(=O)c1cn2ccc(B3OC(C)(C)C(C)(C)O3)cc2n1. The molecule has 0 unspecified atom stereocenters. The lowest BCUT2D eigenvalue weighted by molar-refractivity contribution is 0.00578. The molecule has 22 heavy (non-hydrogen) atoms. The molecule has 2 aromatic rings. The summed E-state index contributed by atoms with van der Waals surface area (Å²) < 4.78 is 18.5. The standard InChI is InChI=1S/C15H19BN2O4/c1-14(2)15(3,4)22-16(21-14)10-6-7-18-9-11(13(19)20-5)17-12(18)8-10/h6-9H,1-5H3. The van der Waals surface area contributed by atoms with Gasteiger partial charge in [-0.15, -0.1) is 0 Å². The van der Waals surface area contributed by atoms with Gasteiger partial charge in [-0.25, -0.2) is 9.78 Å². The van der Waals surface area contributed by atoms with Crippen LogP contribution in [0.3, 0.4) is 0 Å². The zero-order valence-electron chi connectivity index (χ0n) is 13.4. The predicted molar refractivity (Wildman–Crippen MR) is 82.2 cm³/mol. The smallest absolute Gasteiger partial charge is 0.464 e. The number of methoxy groups -OCH3 is 1. The Labute approximate surface area is 129 Å². The van der Waals surface area contributed by atoms with Crippen LogP contribution in [-0.4, -0.2) is 40.8 Å². The molecule has 0 aliphatic carbocycles. The second-order valence-electron chi connectivity index (χ2n) is 6.43. The summed E-state index contributed by atoms with van der Waals surface area (Å²) in [4.78, 5) is 15.8. The van der Waals surface area contributed by atoms with Crippen LogP contribution in [0.2, 0.25) is 0 Å². The third-order valence-corrected chi connectivity index (χ3v) is 4.40. The van der Waals surface area contributed by atoms with E-state index in [4.69, 9.17) is 9.31 Å². The largest absolute Gasteiger partial charge is 0.495 e. The highest BCUT2D eigenvalue weighted by Gasteiger charge is 2.51. The number of carbonyl (C=O) groups excluding carboxylic acids is 1. The van der Waals surface area contributed by atoms with Crippen molar-refractivity contribution in [1.82, 2.24) is 9.38 Å². The highest BCUT2D eigenvalue weighted by atomic mass is 16.7. The first kappa shape index (κ1) is 15.1. The molecule has 116 valence electrons. The minimum atomic E-state index is -0.458. The van der Waals surface area contributed by atoms with Crippen molar-refractivity contribution in [3.63, 3.8) is 0 Å². The molecule has 0 N–H and O–H groups in total. The van der Waals surface area contributed by atoms with Crippen molar-refractivity contribution in [2.45, 2.75) is 38.9 Å². The van der Waals surface area contributed by atoms with Gasteiger partial charge in [0.1, 0.15) is 5.65 Å². The van der Waals surface area contributed by atoms with Gasteiger partial charge in [0, 0.05) is 12.4 Å². The number of ether oxygens (including phenoxy) is 1. The van der Waals surface area contributed by atoms with Crippen LogP contribution >= 0.6 is 0 Å². The molecule has 0 atom stereocenters. The first-order chi connectivity index (χ1) is 10.2. The van der Waals surface area contributed by atoms with Crippen LogP contribution < -0.4 is 5.46 Å². The molecule has 7 heteroatoms. The molecule has 3 heterocycles. The number of hydrogen-bond donors (Lipinski definition) is 0.